The monoisotopic (exact) mass is 269 g/mol. The van der Waals surface area contributed by atoms with Gasteiger partial charge >= 0.3 is 0 Å². The summed E-state index contributed by atoms with van der Waals surface area (Å²) in [5.74, 6) is 5.12. The number of aromatic nitrogens is 2. The van der Waals surface area contributed by atoms with Crippen LogP contribution in [0.25, 0.3) is 0 Å². The lowest BCUT2D eigenvalue weighted by Gasteiger charge is -2.07. The van der Waals surface area contributed by atoms with Gasteiger partial charge in [-0.25, -0.2) is 0 Å². The molecule has 0 aliphatic heterocycles. The summed E-state index contributed by atoms with van der Waals surface area (Å²) in [5, 5.41) is 15.6. The number of hydrogen-bond acceptors (Lipinski definition) is 3. The largest absolute Gasteiger partial charge is 0.384 e. The number of aliphatic hydroxyl groups excluding tert-OH is 1. The Balaban J connectivity index is 2.26. The Kier molecular flexibility index (Phi) is 4.18. The maximum atomic E-state index is 12.1. The molecule has 2 rings (SSSR count). The molecule has 0 bridgehead atoms. The van der Waals surface area contributed by atoms with E-state index in [-0.39, 0.29) is 12.5 Å². The van der Waals surface area contributed by atoms with Crippen molar-refractivity contribution in [2.24, 2.45) is 7.05 Å². The lowest BCUT2D eigenvalue weighted by atomic mass is 10.1. The quantitative estimate of drug-likeness (QED) is 0.808. The maximum absolute atomic E-state index is 12.1. The van der Waals surface area contributed by atoms with E-state index in [9.17, 15) is 4.79 Å². The zero-order valence-electron chi connectivity index (χ0n) is 11.3. The Morgan fingerprint density at radius 2 is 2.25 bits per heavy atom. The number of aryl methyl sites for hydroxylation is 2. The molecule has 5 nitrogen and oxygen atoms in total. The molecule has 1 aromatic heterocycles. The van der Waals surface area contributed by atoms with E-state index >= 15 is 0 Å². The van der Waals surface area contributed by atoms with Crippen LogP contribution in [0.3, 0.4) is 0 Å². The van der Waals surface area contributed by atoms with Crippen molar-refractivity contribution in [1.29, 1.82) is 0 Å². The molecule has 0 saturated heterocycles. The lowest BCUT2D eigenvalue weighted by Crippen LogP contribution is -2.14. The zero-order valence-corrected chi connectivity index (χ0v) is 11.3. The molecule has 0 unspecified atom stereocenters. The number of carbonyl (C=O) groups excluding carboxylic acids is 1. The van der Waals surface area contributed by atoms with Crippen LogP contribution in [0, 0.1) is 18.8 Å². The van der Waals surface area contributed by atoms with Crippen LogP contribution in [0.15, 0.2) is 30.5 Å². The van der Waals surface area contributed by atoms with E-state index in [4.69, 9.17) is 5.11 Å². The number of nitrogens with one attached hydrogen (secondary N) is 1. The van der Waals surface area contributed by atoms with Crippen molar-refractivity contribution in [3.05, 3.63) is 47.3 Å². The first kappa shape index (κ1) is 13.8. The van der Waals surface area contributed by atoms with Crippen molar-refractivity contribution in [3.8, 4) is 11.8 Å². The molecular weight excluding hydrogens is 254 g/mol. The van der Waals surface area contributed by atoms with Gasteiger partial charge in [0.2, 0.25) is 0 Å². The molecule has 0 fully saturated rings. The molecule has 2 aromatic rings. The standard InChI is InChI=1S/C15H15N3O2/c1-11-5-6-13(12(10-11)4-3-9-19)16-15(20)14-7-8-18(2)17-14/h5-8,10,19H,9H2,1-2H3,(H,16,20). The minimum atomic E-state index is -0.290. The topological polar surface area (TPSA) is 67.2 Å². The number of hydrogen-bond donors (Lipinski definition) is 2. The van der Waals surface area contributed by atoms with Crippen LogP contribution >= 0.6 is 0 Å². The van der Waals surface area contributed by atoms with Gasteiger partial charge in [-0.3, -0.25) is 9.48 Å². The molecule has 5 heteroatoms. The number of nitrogens with zero attached hydrogens (tertiary/aromatic N) is 2. The highest BCUT2D eigenvalue weighted by Gasteiger charge is 2.11. The van der Waals surface area contributed by atoms with Gasteiger partial charge < -0.3 is 10.4 Å². The van der Waals surface area contributed by atoms with Crippen LogP contribution in [-0.2, 0) is 7.05 Å². The summed E-state index contributed by atoms with van der Waals surface area (Å²) in [4.78, 5) is 12.1. The van der Waals surface area contributed by atoms with Crippen molar-refractivity contribution in [2.45, 2.75) is 6.92 Å². The van der Waals surface area contributed by atoms with E-state index in [1.807, 2.05) is 19.1 Å². The van der Waals surface area contributed by atoms with Crippen molar-refractivity contribution < 1.29 is 9.90 Å². The van der Waals surface area contributed by atoms with Gasteiger partial charge in [-0.1, -0.05) is 17.9 Å². The van der Waals surface area contributed by atoms with Crippen molar-refractivity contribution in [2.75, 3.05) is 11.9 Å². The predicted molar refractivity (Wildman–Crippen MR) is 76.3 cm³/mol. The van der Waals surface area contributed by atoms with Crippen LogP contribution in [0.1, 0.15) is 21.6 Å². The van der Waals surface area contributed by atoms with Gasteiger partial charge in [0, 0.05) is 18.8 Å². The Hall–Kier alpha value is -2.58. The maximum Gasteiger partial charge on any atom is 0.276 e. The minimum absolute atomic E-state index is 0.221. The first-order valence-corrected chi connectivity index (χ1v) is 6.11. The van der Waals surface area contributed by atoms with Crippen LogP contribution in [0.2, 0.25) is 0 Å². The predicted octanol–water partition coefficient (Wildman–Crippen LogP) is 1.32. The zero-order chi connectivity index (χ0) is 14.5. The molecule has 0 radical (unpaired) electrons. The molecule has 0 spiro atoms. The van der Waals surface area contributed by atoms with Crippen molar-refractivity contribution in [1.82, 2.24) is 9.78 Å². The van der Waals surface area contributed by atoms with Gasteiger partial charge in [0.25, 0.3) is 5.91 Å². The molecule has 1 aromatic carbocycles. The molecule has 102 valence electrons. The van der Waals surface area contributed by atoms with Gasteiger partial charge in [0.15, 0.2) is 5.69 Å². The van der Waals surface area contributed by atoms with Crippen molar-refractivity contribution in [3.63, 3.8) is 0 Å². The number of aliphatic hydroxyl groups is 1. The molecule has 0 saturated carbocycles. The van der Waals surface area contributed by atoms with E-state index < -0.39 is 0 Å². The molecular formula is C15H15N3O2. The summed E-state index contributed by atoms with van der Waals surface area (Å²) in [6, 6.07) is 7.18. The molecule has 1 amide bonds. The van der Waals surface area contributed by atoms with Crippen molar-refractivity contribution >= 4 is 11.6 Å². The van der Waals surface area contributed by atoms with E-state index in [2.05, 4.69) is 22.3 Å². The summed E-state index contributed by atoms with van der Waals surface area (Å²) in [6.07, 6.45) is 1.70. The summed E-state index contributed by atoms with van der Waals surface area (Å²) in [6.45, 7) is 1.72. The van der Waals surface area contributed by atoms with E-state index in [1.165, 1.54) is 0 Å². The van der Waals surface area contributed by atoms with Gasteiger partial charge in [-0.05, 0) is 30.7 Å². The third kappa shape index (κ3) is 3.25. The van der Waals surface area contributed by atoms with Crippen LogP contribution in [0.5, 0.6) is 0 Å². The first-order chi connectivity index (χ1) is 9.60. The molecule has 20 heavy (non-hydrogen) atoms. The SMILES string of the molecule is Cc1ccc(NC(=O)c2ccn(C)n2)c(C#CCO)c1. The second-order valence-corrected chi connectivity index (χ2v) is 4.34. The first-order valence-electron chi connectivity index (χ1n) is 6.11. The summed E-state index contributed by atoms with van der Waals surface area (Å²) < 4.78 is 1.57. The molecule has 0 aliphatic rings. The van der Waals surface area contributed by atoms with E-state index in [0.29, 0.717) is 16.9 Å². The lowest BCUT2D eigenvalue weighted by molar-refractivity contribution is 0.102. The fourth-order valence-corrected chi connectivity index (χ4v) is 1.73. The van der Waals surface area contributed by atoms with Crippen LogP contribution in [-0.4, -0.2) is 27.4 Å². The molecule has 0 aliphatic carbocycles. The number of benzene rings is 1. The average molecular weight is 269 g/mol. The van der Waals surface area contributed by atoms with E-state index in [1.54, 1.807) is 30.1 Å². The summed E-state index contributed by atoms with van der Waals surface area (Å²) >= 11 is 0. The Bertz CT molecular complexity index is 693. The number of amides is 1. The third-order valence-corrected chi connectivity index (χ3v) is 2.67. The smallest absolute Gasteiger partial charge is 0.276 e. The Morgan fingerprint density at radius 1 is 1.45 bits per heavy atom. The average Bonchev–Trinajstić information content (AvgIpc) is 2.85. The Labute approximate surface area is 117 Å². The normalized spacial score (nSPS) is 9.75. The van der Waals surface area contributed by atoms with Crippen LogP contribution < -0.4 is 5.32 Å². The minimum Gasteiger partial charge on any atom is -0.384 e. The second-order valence-electron chi connectivity index (χ2n) is 4.34. The van der Waals surface area contributed by atoms with Crippen LogP contribution in [0.4, 0.5) is 5.69 Å². The molecule has 0 atom stereocenters. The highest BCUT2D eigenvalue weighted by Crippen LogP contribution is 2.17. The number of anilines is 1. The number of rotatable bonds is 2. The second kappa shape index (κ2) is 6.04. The van der Waals surface area contributed by atoms with Gasteiger partial charge in [0.1, 0.15) is 6.61 Å². The molecule has 1 heterocycles. The van der Waals surface area contributed by atoms with Gasteiger partial charge in [-0.2, -0.15) is 5.10 Å². The highest BCUT2D eigenvalue weighted by atomic mass is 16.2. The Morgan fingerprint density at radius 3 is 2.90 bits per heavy atom. The van der Waals surface area contributed by atoms with Gasteiger partial charge in [-0.15, -0.1) is 0 Å². The number of carbonyl (C=O) groups is 1. The summed E-state index contributed by atoms with van der Waals surface area (Å²) in [7, 11) is 1.75. The fourth-order valence-electron chi connectivity index (χ4n) is 1.73. The summed E-state index contributed by atoms with van der Waals surface area (Å²) in [5.41, 5.74) is 2.65. The fraction of sp³-hybridized carbons (Fsp3) is 0.200. The van der Waals surface area contributed by atoms with Gasteiger partial charge in [0.05, 0.1) is 5.69 Å². The highest BCUT2D eigenvalue weighted by molar-refractivity contribution is 6.03. The third-order valence-electron chi connectivity index (χ3n) is 2.67. The molecule has 2 N–H and O–H groups in total. The van der Waals surface area contributed by atoms with E-state index in [0.717, 1.165) is 5.56 Å².